The first-order valence-corrected chi connectivity index (χ1v) is 7.50. The molecule has 1 rings (SSSR count). The first kappa shape index (κ1) is 18.7. The van der Waals surface area contributed by atoms with Crippen LogP contribution in [-0.4, -0.2) is 30.1 Å². The molecule has 0 heterocycles. The van der Waals surface area contributed by atoms with Gasteiger partial charge in [-0.3, -0.25) is 14.9 Å². The predicted octanol–water partition coefficient (Wildman–Crippen LogP) is 2.35. The molecule has 0 saturated carbocycles. The Hall–Kier alpha value is -2.37. The Morgan fingerprint density at radius 3 is 2.30 bits per heavy atom. The third-order valence-corrected chi connectivity index (χ3v) is 2.95. The molecule has 2 N–H and O–H groups in total. The van der Waals surface area contributed by atoms with E-state index in [-0.39, 0.29) is 12.3 Å². The predicted molar refractivity (Wildman–Crippen MR) is 86.9 cm³/mol. The van der Waals surface area contributed by atoms with Gasteiger partial charge >= 0.3 is 12.0 Å². The van der Waals surface area contributed by atoms with E-state index < -0.39 is 30.1 Å². The molecular formula is C17H24N2O4. The Morgan fingerprint density at radius 1 is 1.13 bits per heavy atom. The molecule has 0 aliphatic rings. The molecule has 1 aromatic carbocycles. The van der Waals surface area contributed by atoms with Crippen molar-refractivity contribution in [2.45, 2.75) is 45.6 Å². The molecule has 23 heavy (non-hydrogen) atoms. The summed E-state index contributed by atoms with van der Waals surface area (Å²) >= 11 is 0. The van der Waals surface area contributed by atoms with E-state index in [1.54, 1.807) is 20.8 Å². The number of nitrogens with one attached hydrogen (secondary N) is 2. The fraction of sp³-hybridized carbons (Fsp3) is 0.471. The fourth-order valence-electron chi connectivity index (χ4n) is 1.89. The van der Waals surface area contributed by atoms with Crippen molar-refractivity contribution in [1.29, 1.82) is 0 Å². The van der Waals surface area contributed by atoms with Crippen LogP contribution in [0.5, 0.6) is 0 Å². The van der Waals surface area contributed by atoms with Crippen LogP contribution < -0.4 is 10.6 Å². The van der Waals surface area contributed by atoms with Gasteiger partial charge in [0.1, 0.15) is 0 Å². The highest BCUT2D eigenvalue weighted by atomic mass is 16.5. The smallest absolute Gasteiger partial charge is 0.321 e. The summed E-state index contributed by atoms with van der Waals surface area (Å²) in [6, 6.07) is 8.96. The summed E-state index contributed by atoms with van der Waals surface area (Å²) in [6.07, 6.45) is 0.172. The molecule has 0 fully saturated rings. The van der Waals surface area contributed by atoms with Crippen LogP contribution in [0.25, 0.3) is 0 Å². The highest BCUT2D eigenvalue weighted by Crippen LogP contribution is 2.18. The SMILES string of the molecule is C[C@H](CC(=O)OCC(=O)NC(=O)NC(C)(C)C)c1ccccc1. The third-order valence-electron chi connectivity index (χ3n) is 2.95. The van der Waals surface area contributed by atoms with E-state index in [0.29, 0.717) is 0 Å². The fourth-order valence-corrected chi connectivity index (χ4v) is 1.89. The second kappa shape index (κ2) is 8.31. The molecule has 1 aromatic rings. The van der Waals surface area contributed by atoms with Crippen molar-refractivity contribution >= 4 is 17.9 Å². The summed E-state index contributed by atoms with van der Waals surface area (Å²) in [5.74, 6) is -1.14. The highest BCUT2D eigenvalue weighted by molar-refractivity contribution is 5.95. The minimum absolute atomic E-state index is 0.00375. The van der Waals surface area contributed by atoms with Gasteiger partial charge in [-0.05, 0) is 32.3 Å². The zero-order valence-corrected chi connectivity index (χ0v) is 14.0. The zero-order valence-electron chi connectivity index (χ0n) is 14.0. The van der Waals surface area contributed by atoms with Crippen LogP contribution in [0.4, 0.5) is 4.79 Å². The first-order valence-electron chi connectivity index (χ1n) is 7.50. The number of urea groups is 1. The number of amides is 3. The summed E-state index contributed by atoms with van der Waals surface area (Å²) in [4.78, 5) is 34.8. The van der Waals surface area contributed by atoms with E-state index in [1.807, 2.05) is 37.3 Å². The number of hydrogen-bond acceptors (Lipinski definition) is 4. The Balaban J connectivity index is 2.33. The van der Waals surface area contributed by atoms with Crippen molar-refractivity contribution < 1.29 is 19.1 Å². The Labute approximate surface area is 136 Å². The number of imide groups is 1. The van der Waals surface area contributed by atoms with E-state index in [9.17, 15) is 14.4 Å². The van der Waals surface area contributed by atoms with Gasteiger partial charge in [-0.15, -0.1) is 0 Å². The minimum Gasteiger partial charge on any atom is -0.456 e. The summed E-state index contributed by atoms with van der Waals surface area (Å²) < 4.78 is 4.90. The van der Waals surface area contributed by atoms with Gasteiger partial charge in [0.15, 0.2) is 6.61 Å². The first-order chi connectivity index (χ1) is 10.7. The van der Waals surface area contributed by atoms with Crippen molar-refractivity contribution in [2.24, 2.45) is 0 Å². The maximum Gasteiger partial charge on any atom is 0.321 e. The topological polar surface area (TPSA) is 84.5 Å². The molecule has 126 valence electrons. The molecule has 3 amide bonds. The number of hydrogen-bond donors (Lipinski definition) is 2. The van der Waals surface area contributed by atoms with Crippen molar-refractivity contribution in [1.82, 2.24) is 10.6 Å². The standard InChI is InChI=1S/C17H24N2O4/c1-12(13-8-6-5-7-9-13)10-15(21)23-11-14(20)18-16(22)19-17(2,3)4/h5-9,12H,10-11H2,1-4H3,(H2,18,19,20,22)/t12-/m1/s1. The van der Waals surface area contributed by atoms with Gasteiger partial charge in [0.05, 0.1) is 6.42 Å². The van der Waals surface area contributed by atoms with Crippen molar-refractivity contribution in [3.8, 4) is 0 Å². The highest BCUT2D eigenvalue weighted by Gasteiger charge is 2.17. The maximum atomic E-state index is 11.7. The molecule has 0 unspecified atom stereocenters. The van der Waals surface area contributed by atoms with E-state index in [0.717, 1.165) is 5.56 Å². The van der Waals surface area contributed by atoms with Crippen LogP contribution in [-0.2, 0) is 14.3 Å². The lowest BCUT2D eigenvalue weighted by atomic mass is 9.98. The molecule has 0 radical (unpaired) electrons. The molecular weight excluding hydrogens is 296 g/mol. The van der Waals surface area contributed by atoms with Gasteiger partial charge < -0.3 is 10.1 Å². The molecule has 1 atom stereocenters. The summed E-state index contributed by atoms with van der Waals surface area (Å²) in [7, 11) is 0. The van der Waals surface area contributed by atoms with Gasteiger partial charge in [0, 0.05) is 5.54 Å². The number of esters is 1. The summed E-state index contributed by atoms with van der Waals surface area (Å²) in [5.41, 5.74) is 0.574. The summed E-state index contributed by atoms with van der Waals surface area (Å²) in [6.45, 7) is 6.82. The Morgan fingerprint density at radius 2 is 1.74 bits per heavy atom. The molecule has 6 heteroatoms. The molecule has 0 aliphatic carbocycles. The molecule has 0 bridgehead atoms. The monoisotopic (exact) mass is 320 g/mol. The lowest BCUT2D eigenvalue weighted by Crippen LogP contribution is -2.49. The largest absolute Gasteiger partial charge is 0.456 e. The molecule has 0 saturated heterocycles. The molecule has 0 aliphatic heterocycles. The number of carbonyl (C=O) groups is 3. The second-order valence-corrected chi connectivity index (χ2v) is 6.43. The van der Waals surface area contributed by atoms with E-state index >= 15 is 0 Å². The van der Waals surface area contributed by atoms with E-state index in [4.69, 9.17) is 4.74 Å². The van der Waals surface area contributed by atoms with Crippen molar-refractivity contribution in [3.63, 3.8) is 0 Å². The van der Waals surface area contributed by atoms with Gasteiger partial charge in [0.2, 0.25) is 0 Å². The van der Waals surface area contributed by atoms with Crippen LogP contribution in [0.2, 0.25) is 0 Å². The minimum atomic E-state index is -0.660. The van der Waals surface area contributed by atoms with Crippen molar-refractivity contribution in [2.75, 3.05) is 6.61 Å². The number of carbonyl (C=O) groups excluding carboxylic acids is 3. The van der Waals surface area contributed by atoms with Gasteiger partial charge in [-0.25, -0.2) is 4.79 Å². The molecule has 0 aromatic heterocycles. The molecule has 0 spiro atoms. The quantitative estimate of drug-likeness (QED) is 0.816. The van der Waals surface area contributed by atoms with Gasteiger partial charge in [-0.1, -0.05) is 37.3 Å². The lowest BCUT2D eigenvalue weighted by Gasteiger charge is -2.20. The number of rotatable bonds is 5. The average molecular weight is 320 g/mol. The van der Waals surface area contributed by atoms with Crippen LogP contribution in [0.3, 0.4) is 0 Å². The van der Waals surface area contributed by atoms with E-state index in [1.165, 1.54) is 0 Å². The van der Waals surface area contributed by atoms with Crippen LogP contribution in [0, 0.1) is 0 Å². The van der Waals surface area contributed by atoms with Crippen LogP contribution in [0.1, 0.15) is 45.6 Å². The maximum absolute atomic E-state index is 11.7. The van der Waals surface area contributed by atoms with Gasteiger partial charge in [-0.2, -0.15) is 0 Å². The Bertz CT molecular complexity index is 549. The average Bonchev–Trinajstić information content (AvgIpc) is 2.44. The number of benzene rings is 1. The van der Waals surface area contributed by atoms with Crippen LogP contribution >= 0.6 is 0 Å². The van der Waals surface area contributed by atoms with Crippen molar-refractivity contribution in [3.05, 3.63) is 35.9 Å². The van der Waals surface area contributed by atoms with E-state index in [2.05, 4.69) is 10.6 Å². The third kappa shape index (κ3) is 7.99. The zero-order chi connectivity index (χ0) is 17.5. The van der Waals surface area contributed by atoms with Crippen LogP contribution in [0.15, 0.2) is 30.3 Å². The number of ether oxygens (including phenoxy) is 1. The summed E-state index contributed by atoms with van der Waals surface area (Å²) in [5, 5.41) is 4.69. The second-order valence-electron chi connectivity index (χ2n) is 6.43. The normalized spacial score (nSPS) is 12.2. The lowest BCUT2D eigenvalue weighted by molar-refractivity contribution is -0.148. The van der Waals surface area contributed by atoms with Gasteiger partial charge in [0.25, 0.3) is 5.91 Å². The molecule has 6 nitrogen and oxygen atoms in total. The Kier molecular flexibility index (Phi) is 6.75.